The van der Waals surface area contributed by atoms with Gasteiger partial charge in [0.1, 0.15) is 0 Å². The lowest BCUT2D eigenvalue weighted by Crippen LogP contribution is -2.05. The fourth-order valence-corrected chi connectivity index (χ4v) is 2.23. The first kappa shape index (κ1) is 11.0. The number of nitrogens with zero attached hydrogens (tertiary/aromatic N) is 2. The Balaban J connectivity index is 1.84. The van der Waals surface area contributed by atoms with E-state index in [0.29, 0.717) is 17.5 Å². The van der Waals surface area contributed by atoms with E-state index >= 15 is 0 Å². The summed E-state index contributed by atoms with van der Waals surface area (Å²) < 4.78 is 0. The standard InChI is InChI=1S/C12H14N4O2/c1-2-7-5-10(7)14-12-13-9-4-3-8(16(17)18)6-11(9)15-12/h3-4,6-7,10H,2,5H2,1H3,(H2,13,14,15). The molecule has 0 saturated heterocycles. The van der Waals surface area contributed by atoms with Gasteiger partial charge in [-0.25, -0.2) is 4.98 Å². The highest BCUT2D eigenvalue weighted by molar-refractivity contribution is 5.79. The first-order valence-electron chi connectivity index (χ1n) is 6.08. The summed E-state index contributed by atoms with van der Waals surface area (Å²) in [7, 11) is 0. The third-order valence-corrected chi connectivity index (χ3v) is 3.45. The summed E-state index contributed by atoms with van der Waals surface area (Å²) >= 11 is 0. The zero-order valence-corrected chi connectivity index (χ0v) is 10.0. The summed E-state index contributed by atoms with van der Waals surface area (Å²) in [5.41, 5.74) is 1.52. The number of H-pyrrole nitrogens is 1. The molecule has 0 bridgehead atoms. The highest BCUT2D eigenvalue weighted by atomic mass is 16.6. The van der Waals surface area contributed by atoms with Gasteiger partial charge in [0.15, 0.2) is 0 Å². The zero-order valence-electron chi connectivity index (χ0n) is 10.0. The smallest absolute Gasteiger partial charge is 0.271 e. The third-order valence-electron chi connectivity index (χ3n) is 3.45. The molecule has 1 aromatic heterocycles. The number of fused-ring (bicyclic) bond motifs is 1. The number of imidazole rings is 1. The molecule has 0 amide bonds. The normalized spacial score (nSPS) is 22.1. The van der Waals surface area contributed by atoms with E-state index in [1.54, 1.807) is 6.07 Å². The van der Waals surface area contributed by atoms with E-state index in [-0.39, 0.29) is 5.69 Å². The molecule has 1 fully saturated rings. The Morgan fingerprint density at radius 3 is 3.11 bits per heavy atom. The number of benzene rings is 1. The molecule has 2 atom stereocenters. The number of aromatic nitrogens is 2. The molecule has 3 rings (SSSR count). The second-order valence-electron chi connectivity index (χ2n) is 4.70. The Hall–Kier alpha value is -2.11. The summed E-state index contributed by atoms with van der Waals surface area (Å²) in [5.74, 6) is 1.43. The van der Waals surface area contributed by atoms with Crippen molar-refractivity contribution >= 4 is 22.7 Å². The van der Waals surface area contributed by atoms with Crippen LogP contribution in [0.4, 0.5) is 11.6 Å². The second kappa shape index (κ2) is 3.97. The molecule has 0 spiro atoms. The molecule has 2 N–H and O–H groups in total. The Labute approximate surface area is 104 Å². The van der Waals surface area contributed by atoms with Crippen LogP contribution in [0, 0.1) is 16.0 Å². The van der Waals surface area contributed by atoms with Crippen molar-refractivity contribution in [2.24, 2.45) is 5.92 Å². The van der Waals surface area contributed by atoms with Gasteiger partial charge in [0.25, 0.3) is 5.69 Å². The van der Waals surface area contributed by atoms with E-state index in [1.165, 1.54) is 25.0 Å². The lowest BCUT2D eigenvalue weighted by Gasteiger charge is -1.98. The van der Waals surface area contributed by atoms with Gasteiger partial charge in [0, 0.05) is 18.2 Å². The van der Waals surface area contributed by atoms with Crippen molar-refractivity contribution < 1.29 is 4.92 Å². The number of hydrogen-bond donors (Lipinski definition) is 2. The minimum Gasteiger partial charge on any atom is -0.353 e. The molecule has 1 aliphatic carbocycles. The van der Waals surface area contributed by atoms with Crippen LogP contribution in [-0.2, 0) is 0 Å². The molecule has 2 unspecified atom stereocenters. The number of nitrogens with one attached hydrogen (secondary N) is 2. The highest BCUT2D eigenvalue weighted by Gasteiger charge is 2.35. The van der Waals surface area contributed by atoms with E-state index in [0.717, 1.165) is 11.4 Å². The lowest BCUT2D eigenvalue weighted by atomic mass is 10.3. The largest absolute Gasteiger partial charge is 0.353 e. The van der Waals surface area contributed by atoms with E-state index in [1.807, 2.05) is 0 Å². The van der Waals surface area contributed by atoms with Crippen LogP contribution in [0.1, 0.15) is 19.8 Å². The molecule has 0 aliphatic heterocycles. The van der Waals surface area contributed by atoms with Crippen molar-refractivity contribution in [1.82, 2.24) is 9.97 Å². The van der Waals surface area contributed by atoms with Gasteiger partial charge < -0.3 is 10.3 Å². The van der Waals surface area contributed by atoms with Gasteiger partial charge >= 0.3 is 0 Å². The van der Waals surface area contributed by atoms with Crippen molar-refractivity contribution in [3.8, 4) is 0 Å². The van der Waals surface area contributed by atoms with Gasteiger partial charge in [0.2, 0.25) is 5.95 Å². The van der Waals surface area contributed by atoms with Crippen LogP contribution in [-0.4, -0.2) is 20.9 Å². The molecule has 1 aliphatic rings. The summed E-state index contributed by atoms with van der Waals surface area (Å²) in [4.78, 5) is 17.7. The minimum atomic E-state index is -0.401. The number of anilines is 1. The molecule has 0 radical (unpaired) electrons. The topological polar surface area (TPSA) is 83.8 Å². The van der Waals surface area contributed by atoms with Crippen LogP contribution < -0.4 is 5.32 Å². The van der Waals surface area contributed by atoms with Crippen LogP contribution in [0.25, 0.3) is 11.0 Å². The van der Waals surface area contributed by atoms with Crippen LogP contribution in [0.2, 0.25) is 0 Å². The molecule has 1 heterocycles. The van der Waals surface area contributed by atoms with E-state index < -0.39 is 4.92 Å². The van der Waals surface area contributed by atoms with E-state index in [9.17, 15) is 10.1 Å². The average molecular weight is 246 g/mol. The Bertz CT molecular complexity index is 607. The molecule has 6 nitrogen and oxygen atoms in total. The van der Waals surface area contributed by atoms with Gasteiger partial charge in [-0.05, 0) is 18.4 Å². The van der Waals surface area contributed by atoms with Crippen molar-refractivity contribution in [3.63, 3.8) is 0 Å². The molecular weight excluding hydrogens is 232 g/mol. The van der Waals surface area contributed by atoms with Crippen molar-refractivity contribution in [3.05, 3.63) is 28.3 Å². The molecule has 94 valence electrons. The first-order chi connectivity index (χ1) is 8.67. The maximum Gasteiger partial charge on any atom is 0.271 e. The molecule has 6 heteroatoms. The van der Waals surface area contributed by atoms with Gasteiger partial charge in [0.05, 0.1) is 16.0 Å². The maximum atomic E-state index is 10.7. The number of nitro groups is 1. The summed E-state index contributed by atoms with van der Waals surface area (Å²) in [5, 5.41) is 14.0. The SMILES string of the molecule is CCC1CC1Nc1nc2ccc([N+](=O)[O-])cc2[nH]1. The third kappa shape index (κ3) is 1.90. The maximum absolute atomic E-state index is 10.7. The predicted molar refractivity (Wildman–Crippen MR) is 68.6 cm³/mol. The van der Waals surface area contributed by atoms with Crippen molar-refractivity contribution in [1.29, 1.82) is 0 Å². The number of non-ortho nitro benzene ring substituents is 1. The summed E-state index contributed by atoms with van der Waals surface area (Å²) in [6, 6.07) is 5.14. The summed E-state index contributed by atoms with van der Waals surface area (Å²) in [6.07, 6.45) is 2.34. The van der Waals surface area contributed by atoms with Crippen LogP contribution >= 0.6 is 0 Å². The van der Waals surface area contributed by atoms with Crippen molar-refractivity contribution in [2.45, 2.75) is 25.8 Å². The number of aromatic amines is 1. The monoisotopic (exact) mass is 246 g/mol. The number of nitro benzene ring substituents is 1. The second-order valence-corrected chi connectivity index (χ2v) is 4.70. The Morgan fingerprint density at radius 1 is 1.61 bits per heavy atom. The number of rotatable bonds is 4. The van der Waals surface area contributed by atoms with Gasteiger partial charge in [-0.2, -0.15) is 0 Å². The molecule has 18 heavy (non-hydrogen) atoms. The Morgan fingerprint density at radius 2 is 2.44 bits per heavy atom. The molecule has 2 aromatic rings. The highest BCUT2D eigenvalue weighted by Crippen LogP contribution is 2.35. The number of hydrogen-bond acceptors (Lipinski definition) is 4. The fourth-order valence-electron chi connectivity index (χ4n) is 2.23. The fraction of sp³-hybridized carbons (Fsp3) is 0.417. The van der Waals surface area contributed by atoms with Gasteiger partial charge in [-0.15, -0.1) is 0 Å². The van der Waals surface area contributed by atoms with Crippen LogP contribution in [0.15, 0.2) is 18.2 Å². The molecule has 1 saturated carbocycles. The quantitative estimate of drug-likeness (QED) is 0.641. The first-order valence-corrected chi connectivity index (χ1v) is 6.08. The van der Waals surface area contributed by atoms with Crippen molar-refractivity contribution in [2.75, 3.05) is 5.32 Å². The van der Waals surface area contributed by atoms with Gasteiger partial charge in [-0.3, -0.25) is 10.1 Å². The van der Waals surface area contributed by atoms with Crippen LogP contribution in [0.5, 0.6) is 0 Å². The average Bonchev–Trinajstić information content (AvgIpc) is 2.97. The van der Waals surface area contributed by atoms with E-state index in [2.05, 4.69) is 22.2 Å². The predicted octanol–water partition coefficient (Wildman–Crippen LogP) is 2.68. The minimum absolute atomic E-state index is 0.0792. The van der Waals surface area contributed by atoms with Crippen LogP contribution in [0.3, 0.4) is 0 Å². The lowest BCUT2D eigenvalue weighted by molar-refractivity contribution is -0.384. The molecular formula is C12H14N4O2. The van der Waals surface area contributed by atoms with Gasteiger partial charge in [-0.1, -0.05) is 13.3 Å². The Kier molecular flexibility index (Phi) is 2.43. The zero-order chi connectivity index (χ0) is 12.7. The van der Waals surface area contributed by atoms with E-state index in [4.69, 9.17) is 0 Å². The molecule has 1 aromatic carbocycles. The summed E-state index contributed by atoms with van der Waals surface area (Å²) in [6.45, 7) is 2.17.